The van der Waals surface area contributed by atoms with Crippen LogP contribution in [0.4, 0.5) is 17.2 Å². The number of thioether (sulfide) groups is 1. The molecule has 2 rings (SSSR count). The Balaban J connectivity index is 2.43. The van der Waals surface area contributed by atoms with Crippen LogP contribution in [-0.2, 0) is 0 Å². The molecule has 0 spiro atoms. The van der Waals surface area contributed by atoms with Gasteiger partial charge in [0.1, 0.15) is 11.4 Å². The Kier molecular flexibility index (Phi) is 4.31. The van der Waals surface area contributed by atoms with E-state index < -0.39 is 5.97 Å². The highest BCUT2D eigenvalue weighted by atomic mass is 35.5. The maximum Gasteiger partial charge on any atom is 0.341 e. The van der Waals surface area contributed by atoms with Crippen molar-refractivity contribution in [2.75, 3.05) is 17.3 Å². The van der Waals surface area contributed by atoms with Gasteiger partial charge in [-0.2, -0.15) is 0 Å². The van der Waals surface area contributed by atoms with Crippen LogP contribution in [0.5, 0.6) is 0 Å². The summed E-state index contributed by atoms with van der Waals surface area (Å²) in [6.45, 7) is 0. The molecule has 0 bridgehead atoms. The summed E-state index contributed by atoms with van der Waals surface area (Å²) in [6.07, 6.45) is 3.06. The van der Waals surface area contributed by atoms with Crippen LogP contribution in [-0.4, -0.2) is 27.3 Å². The summed E-state index contributed by atoms with van der Waals surface area (Å²) in [7, 11) is 0. The van der Waals surface area contributed by atoms with Crippen LogP contribution in [0.25, 0.3) is 0 Å². The van der Waals surface area contributed by atoms with E-state index in [1.807, 2.05) is 0 Å². The first-order valence-corrected chi connectivity index (χ1v) is 7.08. The molecule has 6 nitrogen and oxygen atoms in total. The lowest BCUT2D eigenvalue weighted by atomic mass is 10.2. The number of carbonyl (C=O) groups is 1. The normalized spacial score (nSPS) is 10.3. The van der Waals surface area contributed by atoms with E-state index in [2.05, 4.69) is 15.3 Å². The molecule has 0 aliphatic carbocycles. The molecule has 0 amide bonds. The van der Waals surface area contributed by atoms with Gasteiger partial charge >= 0.3 is 5.97 Å². The molecule has 2 aromatic rings. The molecule has 1 aromatic carbocycles. The third kappa shape index (κ3) is 3.12. The number of halogens is 1. The molecule has 0 radical (unpaired) electrons. The number of nitrogens with zero attached hydrogens (tertiary/aromatic N) is 2. The summed E-state index contributed by atoms with van der Waals surface area (Å²) in [5, 5.41) is 13.0. The standard InChI is InChI=1S/C12H11ClN4O2S/c1-20-12-15-5-7(11(18)19)10(17-12)16-9-3-2-6(13)4-8(9)14/h2-5H,14H2,1H3,(H,18,19)(H,15,16,17). The molecule has 8 heteroatoms. The summed E-state index contributed by atoms with van der Waals surface area (Å²) in [6, 6.07) is 4.88. The van der Waals surface area contributed by atoms with E-state index in [9.17, 15) is 4.79 Å². The van der Waals surface area contributed by atoms with E-state index in [0.29, 0.717) is 21.6 Å². The van der Waals surface area contributed by atoms with Gasteiger partial charge in [0.05, 0.1) is 11.4 Å². The van der Waals surface area contributed by atoms with Crippen molar-refractivity contribution < 1.29 is 9.90 Å². The number of anilines is 3. The molecule has 0 atom stereocenters. The van der Waals surface area contributed by atoms with E-state index in [-0.39, 0.29) is 11.4 Å². The number of rotatable bonds is 4. The molecular formula is C12H11ClN4O2S. The highest BCUT2D eigenvalue weighted by Gasteiger charge is 2.14. The summed E-state index contributed by atoms with van der Waals surface area (Å²) >= 11 is 7.13. The van der Waals surface area contributed by atoms with Gasteiger partial charge in [-0.1, -0.05) is 23.4 Å². The highest BCUT2D eigenvalue weighted by Crippen LogP contribution is 2.27. The topological polar surface area (TPSA) is 101 Å². The predicted molar refractivity (Wildman–Crippen MR) is 79.9 cm³/mol. The molecular weight excluding hydrogens is 300 g/mol. The van der Waals surface area contributed by atoms with Crippen molar-refractivity contribution in [3.05, 3.63) is 35.0 Å². The van der Waals surface area contributed by atoms with Gasteiger partial charge in [0.15, 0.2) is 5.16 Å². The first-order chi connectivity index (χ1) is 9.51. The Bertz CT molecular complexity index is 666. The van der Waals surface area contributed by atoms with E-state index in [1.165, 1.54) is 18.0 Å². The Hall–Kier alpha value is -1.99. The van der Waals surface area contributed by atoms with Gasteiger partial charge in [0, 0.05) is 11.2 Å². The number of aromatic carboxylic acids is 1. The summed E-state index contributed by atoms with van der Waals surface area (Å²) in [5.74, 6) is -0.932. The molecule has 4 N–H and O–H groups in total. The number of carboxylic acid groups (broad SMARTS) is 1. The van der Waals surface area contributed by atoms with E-state index >= 15 is 0 Å². The zero-order valence-electron chi connectivity index (χ0n) is 10.4. The number of hydrogen-bond acceptors (Lipinski definition) is 6. The second kappa shape index (κ2) is 5.98. The van der Waals surface area contributed by atoms with Gasteiger partial charge in [0.25, 0.3) is 0 Å². The number of nitrogens with one attached hydrogen (secondary N) is 1. The van der Waals surface area contributed by atoms with Crippen molar-refractivity contribution in [3.8, 4) is 0 Å². The molecule has 0 aliphatic rings. The molecule has 1 aromatic heterocycles. The minimum atomic E-state index is -1.12. The van der Waals surface area contributed by atoms with Crippen LogP contribution in [0, 0.1) is 0 Å². The average Bonchev–Trinajstić information content (AvgIpc) is 2.41. The Morgan fingerprint density at radius 2 is 2.25 bits per heavy atom. The molecule has 0 aliphatic heterocycles. The Morgan fingerprint density at radius 3 is 2.85 bits per heavy atom. The molecule has 0 unspecified atom stereocenters. The fourth-order valence-corrected chi connectivity index (χ4v) is 2.01. The van der Waals surface area contributed by atoms with Gasteiger partial charge in [-0.3, -0.25) is 0 Å². The third-order valence-electron chi connectivity index (χ3n) is 2.45. The van der Waals surface area contributed by atoms with Crippen LogP contribution in [0.2, 0.25) is 5.02 Å². The van der Waals surface area contributed by atoms with Gasteiger partial charge in [-0.15, -0.1) is 0 Å². The summed E-state index contributed by atoms with van der Waals surface area (Å²) < 4.78 is 0. The number of nitrogen functional groups attached to an aromatic ring is 1. The molecule has 0 saturated heterocycles. The van der Waals surface area contributed by atoms with Crippen molar-refractivity contribution in [1.29, 1.82) is 0 Å². The zero-order chi connectivity index (χ0) is 14.7. The minimum absolute atomic E-state index is 0.0304. The number of nitrogens with two attached hydrogens (primary N) is 1. The fourth-order valence-electron chi connectivity index (χ4n) is 1.49. The lowest BCUT2D eigenvalue weighted by Crippen LogP contribution is -2.07. The number of carboxylic acids is 1. The average molecular weight is 311 g/mol. The molecule has 104 valence electrons. The molecule has 20 heavy (non-hydrogen) atoms. The van der Waals surface area contributed by atoms with Crippen LogP contribution >= 0.6 is 23.4 Å². The van der Waals surface area contributed by atoms with Crippen LogP contribution in [0.15, 0.2) is 29.6 Å². The third-order valence-corrected chi connectivity index (χ3v) is 3.24. The van der Waals surface area contributed by atoms with Gasteiger partial charge in [0.2, 0.25) is 0 Å². The quantitative estimate of drug-likeness (QED) is 0.453. The molecule has 0 fully saturated rings. The monoisotopic (exact) mass is 310 g/mol. The van der Waals surface area contributed by atoms with Crippen molar-refractivity contribution in [1.82, 2.24) is 9.97 Å². The lowest BCUT2D eigenvalue weighted by molar-refractivity contribution is 0.0697. The highest BCUT2D eigenvalue weighted by molar-refractivity contribution is 7.98. The first kappa shape index (κ1) is 14.4. The number of benzene rings is 1. The van der Waals surface area contributed by atoms with Gasteiger partial charge < -0.3 is 16.2 Å². The second-order valence-electron chi connectivity index (χ2n) is 3.78. The van der Waals surface area contributed by atoms with Gasteiger partial charge in [-0.25, -0.2) is 14.8 Å². The number of aromatic nitrogens is 2. The van der Waals surface area contributed by atoms with Crippen molar-refractivity contribution >= 4 is 46.5 Å². The Morgan fingerprint density at radius 1 is 1.50 bits per heavy atom. The van der Waals surface area contributed by atoms with Crippen LogP contribution in [0.3, 0.4) is 0 Å². The van der Waals surface area contributed by atoms with Crippen molar-refractivity contribution in [2.45, 2.75) is 5.16 Å². The predicted octanol–water partition coefficient (Wildman–Crippen LogP) is 2.88. The SMILES string of the molecule is CSc1ncc(C(=O)O)c(Nc2ccc(Cl)cc2N)n1. The van der Waals surface area contributed by atoms with E-state index in [0.717, 1.165) is 0 Å². The van der Waals surface area contributed by atoms with E-state index in [1.54, 1.807) is 24.5 Å². The van der Waals surface area contributed by atoms with Crippen LogP contribution in [0.1, 0.15) is 10.4 Å². The largest absolute Gasteiger partial charge is 0.477 e. The molecule has 0 saturated carbocycles. The summed E-state index contributed by atoms with van der Waals surface area (Å²) in [5.41, 5.74) is 6.72. The first-order valence-electron chi connectivity index (χ1n) is 5.47. The minimum Gasteiger partial charge on any atom is -0.477 e. The summed E-state index contributed by atoms with van der Waals surface area (Å²) in [4.78, 5) is 19.3. The fraction of sp³-hybridized carbons (Fsp3) is 0.0833. The maximum atomic E-state index is 11.2. The second-order valence-corrected chi connectivity index (χ2v) is 4.99. The van der Waals surface area contributed by atoms with Gasteiger partial charge in [-0.05, 0) is 24.5 Å². The lowest BCUT2D eigenvalue weighted by Gasteiger charge is -2.11. The zero-order valence-corrected chi connectivity index (χ0v) is 12.0. The van der Waals surface area contributed by atoms with Crippen molar-refractivity contribution in [2.24, 2.45) is 0 Å². The Labute approximate surface area is 124 Å². The molecule has 1 heterocycles. The number of hydrogen-bond donors (Lipinski definition) is 3. The van der Waals surface area contributed by atoms with Crippen LogP contribution < -0.4 is 11.1 Å². The van der Waals surface area contributed by atoms with E-state index in [4.69, 9.17) is 22.4 Å². The van der Waals surface area contributed by atoms with Crippen molar-refractivity contribution in [3.63, 3.8) is 0 Å². The smallest absolute Gasteiger partial charge is 0.341 e. The maximum absolute atomic E-state index is 11.2.